The number of esters is 1. The number of carbonyl (C=O) groups is 1. The second-order valence-corrected chi connectivity index (χ2v) is 28.8. The van der Waals surface area contributed by atoms with Crippen LogP contribution in [0.2, 0.25) is 0 Å². The molecule has 494 valence electrons. The van der Waals surface area contributed by atoms with Crippen LogP contribution in [-0.4, -0.2) is 274 Å². The van der Waals surface area contributed by atoms with E-state index in [-0.39, 0.29) is 42.1 Å². The summed E-state index contributed by atoms with van der Waals surface area (Å²) >= 11 is 0. The predicted molar refractivity (Wildman–Crippen MR) is 289 cm³/mol. The molecule has 5 aliphatic carbocycles. The van der Waals surface area contributed by atoms with Crippen LogP contribution in [0, 0.1) is 50.2 Å². The summed E-state index contributed by atoms with van der Waals surface area (Å²) in [5.74, 6) is -1.24. The molecule has 5 heterocycles. The fourth-order valence-electron chi connectivity index (χ4n) is 17.7. The zero-order chi connectivity index (χ0) is 62.9. The molecule has 27 heteroatoms. The van der Waals surface area contributed by atoms with Gasteiger partial charge in [-0.3, -0.25) is 4.79 Å². The molecule has 5 saturated heterocycles. The molecule has 16 N–H and O–H groups in total. The van der Waals surface area contributed by atoms with Crippen LogP contribution in [0.4, 0.5) is 0 Å². The quantitative estimate of drug-likeness (QED) is 0.0482. The van der Waals surface area contributed by atoms with E-state index in [1.807, 2.05) is 0 Å². The molecule has 2 unspecified atom stereocenters. The Labute approximate surface area is 499 Å². The van der Waals surface area contributed by atoms with Crippen LogP contribution < -0.4 is 0 Å². The Morgan fingerprint density at radius 3 is 1.80 bits per heavy atom. The van der Waals surface area contributed by atoms with E-state index in [0.29, 0.717) is 32.1 Å². The summed E-state index contributed by atoms with van der Waals surface area (Å²) < 4.78 is 59.2. The lowest BCUT2D eigenvalue weighted by Gasteiger charge is -2.71. The molecule has 10 rings (SSSR count). The average Bonchev–Trinajstić information content (AvgIpc) is 0.676. The van der Waals surface area contributed by atoms with Crippen LogP contribution in [0.5, 0.6) is 0 Å². The largest absolute Gasteiger partial charge is 0.432 e. The van der Waals surface area contributed by atoms with Crippen LogP contribution in [0.15, 0.2) is 11.6 Å². The average molecular weight is 1240 g/mol. The highest BCUT2D eigenvalue weighted by atomic mass is 16.8. The normalized spacial score (nSPS) is 54.5. The van der Waals surface area contributed by atoms with E-state index in [4.69, 9.17) is 47.4 Å². The summed E-state index contributed by atoms with van der Waals surface area (Å²) in [4.78, 5) is 15.3. The maximum Gasteiger partial charge on any atom is 0.317 e. The van der Waals surface area contributed by atoms with E-state index in [1.54, 1.807) is 0 Å². The Bertz CT molecular complexity index is 2400. The van der Waals surface area contributed by atoms with Crippen molar-refractivity contribution in [3.05, 3.63) is 11.6 Å². The first-order valence-corrected chi connectivity index (χ1v) is 30.7. The zero-order valence-electron chi connectivity index (χ0n) is 50.2. The third-order valence-electron chi connectivity index (χ3n) is 23.1. The molecule has 0 bridgehead atoms. The third-order valence-corrected chi connectivity index (χ3v) is 23.1. The summed E-state index contributed by atoms with van der Waals surface area (Å²) in [6.07, 6.45) is -33.7. The second kappa shape index (κ2) is 24.6. The van der Waals surface area contributed by atoms with Crippen molar-refractivity contribution >= 4 is 5.97 Å². The summed E-state index contributed by atoms with van der Waals surface area (Å²) in [6.45, 7) is 14.3. The number of ether oxygens (including phenoxy) is 10. The lowest BCUT2D eigenvalue weighted by Crippen LogP contribution is -2.68. The molecule has 0 spiro atoms. The van der Waals surface area contributed by atoms with E-state index in [9.17, 15) is 81.7 Å². The molecule has 4 saturated carbocycles. The van der Waals surface area contributed by atoms with E-state index in [1.165, 1.54) is 6.92 Å². The summed E-state index contributed by atoms with van der Waals surface area (Å²) in [5.41, 5.74) is -2.63. The molecule has 0 aromatic carbocycles. The number of hydrogen-bond acceptors (Lipinski definition) is 27. The van der Waals surface area contributed by atoms with E-state index < -0.39 is 213 Å². The van der Waals surface area contributed by atoms with Gasteiger partial charge in [0.05, 0.1) is 44.7 Å². The van der Waals surface area contributed by atoms with Gasteiger partial charge in [-0.1, -0.05) is 60.1 Å². The first-order chi connectivity index (χ1) is 40.2. The van der Waals surface area contributed by atoms with E-state index in [2.05, 4.69) is 54.5 Å². The highest BCUT2D eigenvalue weighted by molar-refractivity contribution is 5.80. The van der Waals surface area contributed by atoms with Crippen molar-refractivity contribution in [2.45, 2.75) is 273 Å². The van der Waals surface area contributed by atoms with Crippen LogP contribution in [0.1, 0.15) is 113 Å². The Kier molecular flexibility index (Phi) is 19.2. The first-order valence-electron chi connectivity index (χ1n) is 30.7. The second-order valence-electron chi connectivity index (χ2n) is 28.8. The van der Waals surface area contributed by atoms with Crippen LogP contribution in [0.25, 0.3) is 0 Å². The lowest BCUT2D eigenvalue weighted by atomic mass is 9.33. The molecule has 33 atom stereocenters. The summed E-state index contributed by atoms with van der Waals surface area (Å²) in [7, 11) is 0. The van der Waals surface area contributed by atoms with Crippen molar-refractivity contribution < 1.29 is 134 Å². The maximum atomic E-state index is 15.3. The van der Waals surface area contributed by atoms with Crippen LogP contribution in [0.3, 0.4) is 0 Å². The van der Waals surface area contributed by atoms with Gasteiger partial charge in [0.25, 0.3) is 0 Å². The van der Waals surface area contributed by atoms with Crippen molar-refractivity contribution in [1.82, 2.24) is 0 Å². The summed E-state index contributed by atoms with van der Waals surface area (Å²) in [5, 5.41) is 174. The maximum absolute atomic E-state index is 15.3. The highest BCUT2D eigenvalue weighted by Crippen LogP contribution is 2.76. The summed E-state index contributed by atoms with van der Waals surface area (Å²) in [6, 6.07) is 0. The van der Waals surface area contributed by atoms with Crippen molar-refractivity contribution in [2.24, 2.45) is 50.2 Å². The van der Waals surface area contributed by atoms with Gasteiger partial charge < -0.3 is 129 Å². The first kappa shape index (κ1) is 67.1. The molecular formula is C59H96O27. The molecule has 5 aliphatic heterocycles. The van der Waals surface area contributed by atoms with Crippen molar-refractivity contribution in [2.75, 3.05) is 26.4 Å². The van der Waals surface area contributed by atoms with Crippen LogP contribution in [-0.2, 0) is 52.2 Å². The van der Waals surface area contributed by atoms with E-state index >= 15 is 4.79 Å². The molecule has 86 heavy (non-hydrogen) atoms. The Hall–Kier alpha value is -1.79. The number of aliphatic hydroxyl groups is 16. The fourth-order valence-corrected chi connectivity index (χ4v) is 17.7. The molecule has 0 amide bonds. The Morgan fingerprint density at radius 2 is 1.14 bits per heavy atom. The van der Waals surface area contributed by atoms with Crippen molar-refractivity contribution in [3.8, 4) is 0 Å². The minimum Gasteiger partial charge on any atom is -0.432 e. The number of rotatable bonds is 13. The van der Waals surface area contributed by atoms with Gasteiger partial charge in [0.2, 0.25) is 6.29 Å². The molecule has 27 nitrogen and oxygen atoms in total. The number of carbonyl (C=O) groups excluding carboxylic acids is 1. The number of allylic oxidation sites excluding steroid dienone is 2. The molecular weight excluding hydrogens is 1140 g/mol. The zero-order valence-corrected chi connectivity index (χ0v) is 50.2. The standard InChI is InChI=1S/C59H96O27/c1-23-34(64)38(68)42(72)49(79-23)84-46-28(20-61)81-48(45(75)41(46)71)78-22-29-37(67)40(70)44(74)51(82-29)86-53(76)59-16-15-54(2,3)17-25(59)24-9-10-31-56(6)13-12-33(55(4,5)30(56)11-14-57(31,7)58(24,8)18-32(59)63)83-52-47(35(65)26(62)21-77-52)85-50-43(73)39(69)36(66)27(19-60)80-50/h9,23,25-52,60-75H,10-22H2,1-8H3/t23-,25-,26-,27+,28+,29+,30-,31+,32?,33?,34-,35-,36+,37+,38+,39-,40-,41+,42+,43+,44+,45+,46+,47+,48+,49-,50-,51-,52-,56-,57+,58+,59+/m0/s1. The minimum absolute atomic E-state index is 0.0713. The number of fused-ring (bicyclic) bond motifs is 7. The van der Waals surface area contributed by atoms with Crippen molar-refractivity contribution in [3.63, 3.8) is 0 Å². The fraction of sp³-hybridized carbons (Fsp3) is 0.949. The van der Waals surface area contributed by atoms with Gasteiger partial charge in [-0.15, -0.1) is 0 Å². The Morgan fingerprint density at radius 1 is 0.558 bits per heavy atom. The minimum atomic E-state index is -1.98. The third kappa shape index (κ3) is 11.1. The molecule has 10 aliphatic rings. The molecule has 0 aromatic rings. The Balaban J connectivity index is 0.837. The SMILES string of the molecule is C[C@@H]1O[C@@H](O[C@H]2[C@H](O)[C@@H](O)[C@H](OC[C@H]3O[C@@H](OC(=O)[C@]45CCC(C)(C)C[C@H]4C4=CC[C@@H]6[C@@]7(C)CCC(O[C@@H]8OC[C@H](O)[C@H](O)[C@H]8O[C@@H]8O[C@H](CO)[C@@H](O)[C@H](O)[C@H]8O)C(C)(C)[C@@H]7CC[C@@]6(C)[C@]4(C)CC5O)[C@H](O)[C@@H](O)[C@@H]3O)O[C@@H]2CO)[C@H](O)[C@H](O)[C@H]1O. The molecule has 0 aromatic heterocycles. The van der Waals surface area contributed by atoms with Gasteiger partial charge in [-0.25, -0.2) is 0 Å². The molecule has 9 fully saturated rings. The van der Waals surface area contributed by atoms with Crippen LogP contribution >= 0.6 is 0 Å². The van der Waals surface area contributed by atoms with Gasteiger partial charge in [0.15, 0.2) is 25.2 Å². The monoisotopic (exact) mass is 1240 g/mol. The van der Waals surface area contributed by atoms with Gasteiger partial charge >= 0.3 is 5.97 Å². The van der Waals surface area contributed by atoms with Gasteiger partial charge in [-0.05, 0) is 110 Å². The lowest BCUT2D eigenvalue weighted by molar-refractivity contribution is -0.367. The predicted octanol–water partition coefficient (Wildman–Crippen LogP) is -3.57. The molecule has 0 radical (unpaired) electrons. The smallest absolute Gasteiger partial charge is 0.317 e. The van der Waals surface area contributed by atoms with E-state index in [0.717, 1.165) is 18.4 Å². The number of hydrogen-bond donors (Lipinski definition) is 16. The topological polar surface area (TPSA) is 433 Å². The van der Waals surface area contributed by atoms with Crippen molar-refractivity contribution in [1.29, 1.82) is 0 Å². The van der Waals surface area contributed by atoms with Gasteiger partial charge in [0, 0.05) is 0 Å². The van der Waals surface area contributed by atoms with Gasteiger partial charge in [-0.2, -0.15) is 0 Å². The number of aliphatic hydroxyl groups excluding tert-OH is 16. The van der Waals surface area contributed by atoms with Gasteiger partial charge in [0.1, 0.15) is 115 Å². The highest BCUT2D eigenvalue weighted by Gasteiger charge is 2.72.